The van der Waals surface area contributed by atoms with Crippen LogP contribution >= 0.6 is 0 Å². The monoisotopic (exact) mass is 658 g/mol. The van der Waals surface area contributed by atoms with Gasteiger partial charge in [-0.05, 0) is 77.9 Å². The third kappa shape index (κ3) is 10.6. The van der Waals surface area contributed by atoms with E-state index in [1.54, 1.807) is 90.1 Å². The molecule has 4 aromatic rings. The molecule has 48 heavy (non-hydrogen) atoms. The third-order valence-corrected chi connectivity index (χ3v) is 6.15. The van der Waals surface area contributed by atoms with Gasteiger partial charge in [0.2, 0.25) is 11.8 Å². The lowest BCUT2D eigenvalue weighted by molar-refractivity contribution is 0.00570. The lowest BCUT2D eigenvalue weighted by Crippen LogP contribution is -2.23. The fourth-order valence-corrected chi connectivity index (χ4v) is 3.99. The smallest absolute Gasteiger partial charge is 0.338 e. The van der Waals surface area contributed by atoms with Crippen LogP contribution in [-0.2, 0) is 9.47 Å². The second kappa shape index (κ2) is 15.2. The number of aromatic nitrogens is 2. The molecule has 12 nitrogen and oxygen atoms in total. The van der Waals surface area contributed by atoms with Gasteiger partial charge in [0.1, 0.15) is 11.2 Å². The number of benzene rings is 2. The van der Waals surface area contributed by atoms with Gasteiger partial charge < -0.3 is 29.2 Å². The SMILES string of the molecule is COc1cc(C(=O)O)cc(-c2ccc(C(=O)OC(C)(C)C)cc2)n1.COc1cc(C(=O)O)cc(-c2ccc(C(=O)OC(C)(C)C)cc2)n1. The molecule has 2 aromatic carbocycles. The largest absolute Gasteiger partial charge is 0.481 e. The highest BCUT2D eigenvalue weighted by atomic mass is 16.6. The summed E-state index contributed by atoms with van der Waals surface area (Å²) in [6.45, 7) is 10.8. The number of carbonyl (C=O) groups is 4. The Hall–Kier alpha value is -5.78. The van der Waals surface area contributed by atoms with E-state index in [-0.39, 0.29) is 22.9 Å². The van der Waals surface area contributed by atoms with Crippen molar-refractivity contribution in [2.24, 2.45) is 0 Å². The summed E-state index contributed by atoms with van der Waals surface area (Å²) in [5.74, 6) is -2.55. The molecule has 0 radical (unpaired) electrons. The number of carboxylic acid groups (broad SMARTS) is 2. The van der Waals surface area contributed by atoms with Gasteiger partial charge in [0.25, 0.3) is 0 Å². The van der Waals surface area contributed by atoms with Gasteiger partial charge in [-0.15, -0.1) is 0 Å². The summed E-state index contributed by atoms with van der Waals surface area (Å²) in [6.07, 6.45) is 0. The highest BCUT2D eigenvalue weighted by Crippen LogP contribution is 2.25. The highest BCUT2D eigenvalue weighted by Gasteiger charge is 2.19. The summed E-state index contributed by atoms with van der Waals surface area (Å²) in [5, 5.41) is 18.3. The van der Waals surface area contributed by atoms with Crippen molar-refractivity contribution in [2.45, 2.75) is 52.7 Å². The first-order chi connectivity index (χ1) is 22.4. The molecule has 0 bridgehead atoms. The summed E-state index contributed by atoms with van der Waals surface area (Å²) in [7, 11) is 2.84. The average molecular weight is 659 g/mol. The van der Waals surface area contributed by atoms with Crippen LogP contribution in [0.15, 0.2) is 72.8 Å². The van der Waals surface area contributed by atoms with E-state index in [4.69, 9.17) is 29.2 Å². The minimum atomic E-state index is -1.07. The topological polar surface area (TPSA) is 171 Å². The van der Waals surface area contributed by atoms with Crippen molar-refractivity contribution < 1.29 is 48.3 Å². The van der Waals surface area contributed by atoms with Crippen LogP contribution < -0.4 is 9.47 Å². The van der Waals surface area contributed by atoms with Crippen molar-refractivity contribution in [1.29, 1.82) is 0 Å². The van der Waals surface area contributed by atoms with Gasteiger partial charge in [-0.1, -0.05) is 24.3 Å². The molecule has 0 saturated heterocycles. The molecule has 2 heterocycles. The van der Waals surface area contributed by atoms with Crippen LogP contribution in [0.3, 0.4) is 0 Å². The van der Waals surface area contributed by atoms with Crippen molar-refractivity contribution in [3.63, 3.8) is 0 Å². The zero-order valence-corrected chi connectivity index (χ0v) is 28.0. The highest BCUT2D eigenvalue weighted by molar-refractivity contribution is 5.92. The molecule has 2 aromatic heterocycles. The van der Waals surface area contributed by atoms with Crippen molar-refractivity contribution in [3.8, 4) is 34.3 Å². The van der Waals surface area contributed by atoms with Crippen molar-refractivity contribution in [3.05, 3.63) is 95.1 Å². The molecule has 252 valence electrons. The number of hydrogen-bond acceptors (Lipinski definition) is 10. The molecule has 0 fully saturated rings. The fourth-order valence-electron chi connectivity index (χ4n) is 3.99. The van der Waals surface area contributed by atoms with Crippen LogP contribution in [0.2, 0.25) is 0 Å². The number of esters is 2. The maximum absolute atomic E-state index is 12.0. The van der Waals surface area contributed by atoms with E-state index in [1.165, 1.54) is 38.5 Å². The van der Waals surface area contributed by atoms with Gasteiger partial charge in [0, 0.05) is 23.3 Å². The third-order valence-electron chi connectivity index (χ3n) is 6.15. The molecule has 0 aliphatic carbocycles. The number of nitrogens with zero attached hydrogens (tertiary/aromatic N) is 2. The molecule has 0 amide bonds. The summed E-state index contributed by atoms with van der Waals surface area (Å²) in [6, 6.07) is 18.8. The molecule has 0 aliphatic heterocycles. The Morgan fingerprint density at radius 3 is 1.08 bits per heavy atom. The second-order valence-electron chi connectivity index (χ2n) is 12.3. The van der Waals surface area contributed by atoms with Gasteiger partial charge in [-0.25, -0.2) is 29.1 Å². The summed E-state index contributed by atoms with van der Waals surface area (Å²) in [4.78, 5) is 54.9. The van der Waals surface area contributed by atoms with Gasteiger partial charge in [-0.2, -0.15) is 0 Å². The van der Waals surface area contributed by atoms with Crippen LogP contribution in [0.1, 0.15) is 83.0 Å². The quantitative estimate of drug-likeness (QED) is 0.190. The van der Waals surface area contributed by atoms with E-state index in [0.717, 1.165) is 0 Å². The number of rotatable bonds is 8. The summed E-state index contributed by atoms with van der Waals surface area (Å²) in [5.41, 5.74) is 2.07. The Balaban J connectivity index is 0.000000260. The number of ether oxygens (including phenoxy) is 4. The van der Waals surface area contributed by atoms with Crippen LogP contribution in [-0.4, -0.2) is 69.5 Å². The van der Waals surface area contributed by atoms with Crippen LogP contribution in [0.25, 0.3) is 22.5 Å². The molecule has 12 heteroatoms. The number of carbonyl (C=O) groups excluding carboxylic acids is 2. The number of carboxylic acids is 2. The molecule has 0 spiro atoms. The Bertz CT molecular complexity index is 1650. The number of pyridine rings is 2. The lowest BCUT2D eigenvalue weighted by Gasteiger charge is -2.19. The number of methoxy groups -OCH3 is 2. The molecule has 0 saturated carbocycles. The number of hydrogen-bond donors (Lipinski definition) is 2. The van der Waals surface area contributed by atoms with E-state index in [1.807, 2.05) is 0 Å². The van der Waals surface area contributed by atoms with E-state index in [9.17, 15) is 19.2 Å². The molecular weight excluding hydrogens is 620 g/mol. The molecule has 4 rings (SSSR count). The van der Waals surface area contributed by atoms with Gasteiger partial charge in [-0.3, -0.25) is 0 Å². The fraction of sp³-hybridized carbons (Fsp3) is 0.278. The van der Waals surface area contributed by atoms with Gasteiger partial charge in [0.05, 0.1) is 47.9 Å². The predicted octanol–water partition coefficient (Wildman–Crippen LogP) is 6.82. The Kier molecular flexibility index (Phi) is 11.6. The van der Waals surface area contributed by atoms with Crippen LogP contribution in [0, 0.1) is 0 Å². The molecule has 0 unspecified atom stereocenters. The zero-order valence-electron chi connectivity index (χ0n) is 28.0. The van der Waals surface area contributed by atoms with E-state index >= 15 is 0 Å². The second-order valence-corrected chi connectivity index (χ2v) is 12.3. The first-order valence-electron chi connectivity index (χ1n) is 14.7. The first kappa shape index (κ1) is 36.7. The lowest BCUT2D eigenvalue weighted by atomic mass is 10.1. The standard InChI is InChI=1S/2C18H19NO5/c2*1-18(2,3)24-17(22)12-7-5-11(6-8-12)14-9-13(16(20)21)10-15(19-14)23-4/h2*5-10H,1-4H3,(H,20,21). The maximum Gasteiger partial charge on any atom is 0.338 e. The minimum Gasteiger partial charge on any atom is -0.481 e. The molecular formula is C36H38N2O10. The van der Waals surface area contributed by atoms with Crippen LogP contribution in [0.5, 0.6) is 11.8 Å². The Labute approximate surface area is 278 Å². The minimum absolute atomic E-state index is 0.0769. The van der Waals surface area contributed by atoms with Crippen molar-refractivity contribution in [1.82, 2.24) is 9.97 Å². The van der Waals surface area contributed by atoms with E-state index in [2.05, 4.69) is 9.97 Å². The average Bonchev–Trinajstić information content (AvgIpc) is 3.03. The first-order valence-corrected chi connectivity index (χ1v) is 14.7. The van der Waals surface area contributed by atoms with Crippen molar-refractivity contribution >= 4 is 23.9 Å². The Morgan fingerprint density at radius 2 is 0.833 bits per heavy atom. The van der Waals surface area contributed by atoms with Gasteiger partial charge in [0.15, 0.2) is 0 Å². The molecule has 0 atom stereocenters. The van der Waals surface area contributed by atoms with E-state index in [0.29, 0.717) is 33.6 Å². The van der Waals surface area contributed by atoms with E-state index < -0.39 is 35.1 Å². The molecule has 2 N–H and O–H groups in total. The van der Waals surface area contributed by atoms with Crippen LogP contribution in [0.4, 0.5) is 0 Å². The number of aromatic carboxylic acids is 2. The van der Waals surface area contributed by atoms with Crippen molar-refractivity contribution in [2.75, 3.05) is 14.2 Å². The summed E-state index contributed by atoms with van der Waals surface area (Å²) >= 11 is 0. The van der Waals surface area contributed by atoms with Gasteiger partial charge >= 0.3 is 23.9 Å². The predicted molar refractivity (Wildman–Crippen MR) is 177 cm³/mol. The summed E-state index contributed by atoms with van der Waals surface area (Å²) < 4.78 is 20.7. The Morgan fingerprint density at radius 1 is 0.521 bits per heavy atom. The normalized spacial score (nSPS) is 11.0. The maximum atomic E-state index is 12.0. The molecule has 0 aliphatic rings. The zero-order chi connectivity index (χ0) is 35.8.